The van der Waals surface area contributed by atoms with Gasteiger partial charge in [-0.1, -0.05) is 78.9 Å². The smallest absolute Gasteiger partial charge is 0.141 e. The molecule has 1 aliphatic rings. The van der Waals surface area contributed by atoms with E-state index in [1.54, 1.807) is 0 Å². The van der Waals surface area contributed by atoms with Gasteiger partial charge in [-0.2, -0.15) is 0 Å². The van der Waals surface area contributed by atoms with Gasteiger partial charge in [0.1, 0.15) is 35.2 Å². The predicted octanol–water partition coefficient (Wildman–Crippen LogP) is 12.3. The van der Waals surface area contributed by atoms with E-state index in [0.29, 0.717) is 6.67 Å². The number of furan rings is 1. The van der Waals surface area contributed by atoms with Gasteiger partial charge in [0.15, 0.2) is 0 Å². The number of anilines is 4. The number of aromatic nitrogens is 2. The number of benzene rings is 7. The molecule has 0 saturated heterocycles. The van der Waals surface area contributed by atoms with Crippen LogP contribution in [-0.2, 0) is 0 Å². The van der Waals surface area contributed by atoms with Crippen molar-refractivity contribution in [3.05, 3.63) is 170 Å². The summed E-state index contributed by atoms with van der Waals surface area (Å²) in [4.78, 5) is 9.69. The first kappa shape index (κ1) is 28.8. The lowest BCUT2D eigenvalue weighted by Gasteiger charge is -2.22. The zero-order valence-corrected chi connectivity index (χ0v) is 28.0. The van der Waals surface area contributed by atoms with Crippen LogP contribution in [0.2, 0.25) is 0 Å². The fourth-order valence-corrected chi connectivity index (χ4v) is 7.84. The van der Waals surface area contributed by atoms with E-state index in [4.69, 9.17) is 14.1 Å². The zero-order valence-electron chi connectivity index (χ0n) is 28.0. The van der Waals surface area contributed by atoms with Crippen LogP contribution in [0.1, 0.15) is 0 Å². The van der Waals surface area contributed by atoms with E-state index >= 15 is 0 Å². The molecule has 0 atom stereocenters. The quantitative estimate of drug-likeness (QED) is 0.182. The first-order valence-electron chi connectivity index (χ1n) is 17.5. The van der Waals surface area contributed by atoms with Gasteiger partial charge in [0.2, 0.25) is 0 Å². The molecule has 1 aliphatic heterocycles. The van der Waals surface area contributed by atoms with Gasteiger partial charge >= 0.3 is 0 Å². The van der Waals surface area contributed by atoms with E-state index in [-0.39, 0.29) is 0 Å². The Kier molecular flexibility index (Phi) is 6.21. The molecule has 7 aromatic carbocycles. The molecule has 52 heavy (non-hydrogen) atoms. The maximum absolute atomic E-state index is 6.63. The van der Waals surface area contributed by atoms with E-state index in [9.17, 15) is 0 Å². The summed E-state index contributed by atoms with van der Waals surface area (Å²) in [6.45, 7) is 0.706. The van der Waals surface area contributed by atoms with E-state index in [2.05, 4.69) is 172 Å². The number of para-hydroxylation sites is 4. The molecule has 4 heterocycles. The van der Waals surface area contributed by atoms with E-state index in [1.807, 2.05) is 12.3 Å². The number of nitrogens with zero attached hydrogens (tertiary/aromatic N) is 4. The highest BCUT2D eigenvalue weighted by Gasteiger charge is 2.28. The molecule has 10 aromatic rings. The maximum atomic E-state index is 6.63. The molecular weight excluding hydrogens is 641 g/mol. The molecule has 6 nitrogen and oxygen atoms in total. The van der Waals surface area contributed by atoms with Crippen molar-refractivity contribution in [1.82, 2.24) is 9.55 Å². The summed E-state index contributed by atoms with van der Waals surface area (Å²) < 4.78 is 15.3. The Labute approximate surface area is 298 Å². The van der Waals surface area contributed by atoms with Crippen molar-refractivity contribution < 1.29 is 9.15 Å². The fourth-order valence-electron chi connectivity index (χ4n) is 7.84. The van der Waals surface area contributed by atoms with Crippen LogP contribution in [0.3, 0.4) is 0 Å². The van der Waals surface area contributed by atoms with Gasteiger partial charge in [-0.25, -0.2) is 4.98 Å². The van der Waals surface area contributed by atoms with Crippen molar-refractivity contribution in [2.75, 3.05) is 16.5 Å². The Bertz CT molecular complexity index is 3000. The molecule has 6 heteroatoms. The average Bonchev–Trinajstić information content (AvgIpc) is 3.86. The topological polar surface area (TPSA) is 46.7 Å². The van der Waals surface area contributed by atoms with Crippen molar-refractivity contribution >= 4 is 77.3 Å². The number of hydrogen-bond donors (Lipinski definition) is 0. The molecule has 0 bridgehead atoms. The minimum atomic E-state index is 0.706. The molecule has 0 aliphatic carbocycles. The molecule has 11 rings (SSSR count). The Balaban J connectivity index is 0.979. The predicted molar refractivity (Wildman–Crippen MR) is 212 cm³/mol. The summed E-state index contributed by atoms with van der Waals surface area (Å²) in [5, 5.41) is 6.69. The third-order valence-electron chi connectivity index (χ3n) is 10.3. The summed E-state index contributed by atoms with van der Waals surface area (Å²) in [5.74, 6) is 2.31. The number of pyridine rings is 1. The number of rotatable bonds is 5. The first-order chi connectivity index (χ1) is 25.7. The van der Waals surface area contributed by atoms with Crippen molar-refractivity contribution in [3.63, 3.8) is 0 Å². The highest BCUT2D eigenvalue weighted by atomic mass is 16.5. The third-order valence-corrected chi connectivity index (χ3v) is 10.3. The lowest BCUT2D eigenvalue weighted by molar-refractivity contribution is 0.483. The lowest BCUT2D eigenvalue weighted by atomic mass is 10.1. The summed E-state index contributed by atoms with van der Waals surface area (Å²) in [5.41, 5.74) is 8.32. The van der Waals surface area contributed by atoms with E-state index in [1.165, 1.54) is 11.1 Å². The van der Waals surface area contributed by atoms with Crippen molar-refractivity contribution in [2.24, 2.45) is 0 Å². The van der Waals surface area contributed by atoms with Crippen LogP contribution in [0.15, 0.2) is 174 Å². The van der Waals surface area contributed by atoms with Gasteiger partial charge in [-0.05, 0) is 77.5 Å². The second-order valence-electron chi connectivity index (χ2n) is 13.3. The number of hydrogen-bond acceptors (Lipinski definition) is 5. The van der Waals surface area contributed by atoms with Crippen LogP contribution < -0.4 is 14.5 Å². The molecule has 0 unspecified atom stereocenters. The maximum Gasteiger partial charge on any atom is 0.141 e. The minimum absolute atomic E-state index is 0.706. The Morgan fingerprint density at radius 1 is 0.481 bits per heavy atom. The molecule has 0 spiro atoms. The molecule has 0 radical (unpaired) electrons. The largest absolute Gasteiger partial charge is 0.457 e. The molecule has 0 amide bonds. The molecule has 0 fully saturated rings. The van der Waals surface area contributed by atoms with Gasteiger partial charge in [0.05, 0.1) is 22.4 Å². The van der Waals surface area contributed by atoms with Crippen LogP contribution in [-0.4, -0.2) is 16.2 Å². The molecular formula is C46H30N4O2. The SMILES string of the molecule is c1ccc(N2CN(c3cccc(Oc4ccc5c6ccccc6n(-c6cc7oc8cc9ccccc9cc8c7cn6)c5c4)c3)c3ccccc32)cc1. The van der Waals surface area contributed by atoms with Crippen LogP contribution in [0, 0.1) is 0 Å². The van der Waals surface area contributed by atoms with Gasteiger partial charge < -0.3 is 19.0 Å². The summed E-state index contributed by atoms with van der Waals surface area (Å²) in [6, 6.07) is 56.9. The molecule has 0 N–H and O–H groups in total. The zero-order chi connectivity index (χ0) is 34.2. The highest BCUT2D eigenvalue weighted by molar-refractivity contribution is 6.11. The normalized spacial score (nSPS) is 12.8. The Morgan fingerprint density at radius 3 is 2.02 bits per heavy atom. The van der Waals surface area contributed by atoms with Crippen molar-refractivity contribution in [3.8, 4) is 17.3 Å². The van der Waals surface area contributed by atoms with E-state index in [0.717, 1.165) is 83.5 Å². The first-order valence-corrected chi connectivity index (χ1v) is 17.5. The fraction of sp³-hybridized carbons (Fsp3) is 0.0217. The summed E-state index contributed by atoms with van der Waals surface area (Å²) in [6.07, 6.45) is 1.94. The molecule has 0 saturated carbocycles. The van der Waals surface area contributed by atoms with Crippen LogP contribution >= 0.6 is 0 Å². The van der Waals surface area contributed by atoms with Crippen LogP contribution in [0.4, 0.5) is 22.7 Å². The molecule has 3 aromatic heterocycles. The van der Waals surface area contributed by atoms with Gasteiger partial charge in [0.25, 0.3) is 0 Å². The highest BCUT2D eigenvalue weighted by Crippen LogP contribution is 2.45. The number of fused-ring (bicyclic) bond motifs is 8. The van der Waals surface area contributed by atoms with Crippen molar-refractivity contribution in [2.45, 2.75) is 0 Å². The second-order valence-corrected chi connectivity index (χ2v) is 13.3. The molecule has 246 valence electrons. The van der Waals surface area contributed by atoms with Crippen LogP contribution in [0.5, 0.6) is 11.5 Å². The lowest BCUT2D eigenvalue weighted by Crippen LogP contribution is -2.23. The van der Waals surface area contributed by atoms with Gasteiger partial charge in [0, 0.05) is 57.3 Å². The van der Waals surface area contributed by atoms with Gasteiger partial charge in [-0.15, -0.1) is 0 Å². The Hall–Kier alpha value is -7.05. The van der Waals surface area contributed by atoms with E-state index < -0.39 is 0 Å². The summed E-state index contributed by atoms with van der Waals surface area (Å²) >= 11 is 0. The third kappa shape index (κ3) is 4.48. The number of ether oxygens (including phenoxy) is 1. The minimum Gasteiger partial charge on any atom is -0.457 e. The second kappa shape index (κ2) is 11.2. The average molecular weight is 671 g/mol. The Morgan fingerprint density at radius 2 is 1.15 bits per heavy atom. The summed E-state index contributed by atoms with van der Waals surface area (Å²) in [7, 11) is 0. The standard InChI is InChI=1S/C46H30N4O2/c1-2-13-32(14-3-1)48-29-49(42-20-9-8-19-41(42)48)33-15-10-16-34(25-33)51-35-21-22-37-36-17-6-7-18-40(36)50(43(37)26-35)46-27-45-39(28-47-46)38-23-30-11-4-5-12-31(30)24-44(38)52-45/h1-28H,29H2. The van der Waals surface area contributed by atoms with Gasteiger partial charge in [-0.3, -0.25) is 4.57 Å². The monoisotopic (exact) mass is 670 g/mol. The van der Waals surface area contributed by atoms with Crippen LogP contribution in [0.25, 0.3) is 60.3 Å². The van der Waals surface area contributed by atoms with Crippen molar-refractivity contribution in [1.29, 1.82) is 0 Å².